The molecule has 2 heterocycles. The molecule has 0 aliphatic rings. The molecule has 0 saturated carbocycles. The van der Waals surface area contributed by atoms with E-state index in [2.05, 4.69) is 17.6 Å². The van der Waals surface area contributed by atoms with Crippen LogP contribution in [-0.2, 0) is 16.8 Å². The lowest BCUT2D eigenvalue weighted by atomic mass is 9.87. The minimum Gasteiger partial charge on any atom is -0.496 e. The van der Waals surface area contributed by atoms with Crippen molar-refractivity contribution in [2.75, 3.05) is 7.11 Å². The molecule has 3 rings (SSSR count). The highest BCUT2D eigenvalue weighted by Crippen LogP contribution is 2.34. The van der Waals surface area contributed by atoms with Gasteiger partial charge in [-0.1, -0.05) is 20.4 Å². The number of rotatable bonds is 12. The summed E-state index contributed by atoms with van der Waals surface area (Å²) >= 11 is 0. The lowest BCUT2D eigenvalue weighted by molar-refractivity contribution is -0.0142. The van der Waals surface area contributed by atoms with Crippen LogP contribution in [0.5, 0.6) is 5.75 Å². The molecule has 3 aromatic rings. The SMILES string of the molecule is C=CC(F)OCc1cc(-c2cnc3cc(C(C)(C)C#N)ccn23)cc(OC)c1C(=O)CC(=N)CC(C)C. The van der Waals surface area contributed by atoms with Gasteiger partial charge in [0, 0.05) is 23.9 Å². The number of hydrogen-bond donors (Lipinski definition) is 1. The van der Waals surface area contributed by atoms with Gasteiger partial charge in [-0.05, 0) is 67.7 Å². The van der Waals surface area contributed by atoms with Crippen LogP contribution in [0.4, 0.5) is 4.39 Å². The number of aromatic nitrogens is 2. The van der Waals surface area contributed by atoms with E-state index in [0.717, 1.165) is 17.3 Å². The monoisotopic (exact) mass is 504 g/mol. The van der Waals surface area contributed by atoms with E-state index in [1.807, 2.05) is 50.4 Å². The Morgan fingerprint density at radius 2 is 2.08 bits per heavy atom. The smallest absolute Gasteiger partial charge is 0.218 e. The number of nitrogens with zero attached hydrogens (tertiary/aromatic N) is 3. The quantitative estimate of drug-likeness (QED) is 0.174. The van der Waals surface area contributed by atoms with E-state index in [0.29, 0.717) is 34.7 Å². The van der Waals surface area contributed by atoms with E-state index >= 15 is 0 Å². The number of pyridine rings is 1. The number of ketones is 1. The second kappa shape index (κ2) is 11.5. The fourth-order valence-corrected chi connectivity index (χ4v) is 4.14. The molecule has 0 radical (unpaired) electrons. The summed E-state index contributed by atoms with van der Waals surface area (Å²) in [6.07, 6.45) is 3.32. The van der Waals surface area contributed by atoms with Crippen LogP contribution in [0.25, 0.3) is 16.9 Å². The molecule has 37 heavy (non-hydrogen) atoms. The minimum atomic E-state index is -1.70. The Morgan fingerprint density at radius 1 is 1.35 bits per heavy atom. The normalized spacial score (nSPS) is 12.4. The van der Waals surface area contributed by atoms with Gasteiger partial charge in [-0.2, -0.15) is 5.26 Å². The number of carbonyl (C=O) groups is 1. The first-order chi connectivity index (χ1) is 17.5. The van der Waals surface area contributed by atoms with Crippen molar-refractivity contribution in [3.05, 3.63) is 66.0 Å². The molecule has 0 saturated heterocycles. The van der Waals surface area contributed by atoms with Gasteiger partial charge >= 0.3 is 0 Å². The van der Waals surface area contributed by atoms with Gasteiger partial charge in [0.1, 0.15) is 11.4 Å². The third-order valence-corrected chi connectivity index (χ3v) is 6.10. The fourth-order valence-electron chi connectivity index (χ4n) is 4.14. The maximum atomic E-state index is 13.9. The van der Waals surface area contributed by atoms with Crippen molar-refractivity contribution in [3.8, 4) is 23.1 Å². The van der Waals surface area contributed by atoms with E-state index in [-0.39, 0.29) is 30.3 Å². The van der Waals surface area contributed by atoms with Crippen molar-refractivity contribution in [1.82, 2.24) is 9.38 Å². The van der Waals surface area contributed by atoms with E-state index in [1.54, 1.807) is 18.3 Å². The summed E-state index contributed by atoms with van der Waals surface area (Å²) in [4.78, 5) is 17.8. The summed E-state index contributed by atoms with van der Waals surface area (Å²) in [5, 5.41) is 17.7. The van der Waals surface area contributed by atoms with Crippen molar-refractivity contribution in [2.24, 2.45) is 5.92 Å². The number of halogens is 1. The molecule has 1 atom stereocenters. The Labute approximate surface area is 217 Å². The number of carbonyl (C=O) groups excluding carboxylic acids is 1. The number of nitriles is 1. The molecule has 1 unspecified atom stereocenters. The first-order valence-electron chi connectivity index (χ1n) is 12.1. The number of ether oxygens (including phenoxy) is 2. The van der Waals surface area contributed by atoms with Gasteiger partial charge in [0.15, 0.2) is 5.78 Å². The topological polar surface area (TPSA) is 100 Å². The summed E-state index contributed by atoms with van der Waals surface area (Å²) in [5.74, 6) is 0.273. The largest absolute Gasteiger partial charge is 0.496 e. The molecule has 1 aromatic carbocycles. The molecule has 7 nitrogen and oxygen atoms in total. The first kappa shape index (κ1) is 27.8. The van der Waals surface area contributed by atoms with Crippen molar-refractivity contribution >= 4 is 17.1 Å². The maximum absolute atomic E-state index is 13.9. The standard InChI is InChI=1S/C29H33FN4O3/c1-7-26(30)37-16-20-11-19(12-25(36-6)28(20)24(35)14-22(32)10-18(2)3)23-15-33-27-13-21(8-9-34(23)27)29(4,5)17-31/h7-9,11-13,15,18,26,32H,1,10,14,16H2,2-6H3. The molecule has 1 N–H and O–H groups in total. The van der Waals surface area contributed by atoms with Gasteiger partial charge in [-0.15, -0.1) is 0 Å². The van der Waals surface area contributed by atoms with Crippen LogP contribution in [0.1, 0.15) is 62.0 Å². The third kappa shape index (κ3) is 6.30. The number of methoxy groups -OCH3 is 1. The van der Waals surface area contributed by atoms with Crippen LogP contribution in [0, 0.1) is 22.7 Å². The van der Waals surface area contributed by atoms with E-state index < -0.39 is 11.8 Å². The highest BCUT2D eigenvalue weighted by molar-refractivity contribution is 6.11. The van der Waals surface area contributed by atoms with E-state index in [4.69, 9.17) is 14.9 Å². The summed E-state index contributed by atoms with van der Waals surface area (Å²) in [7, 11) is 1.46. The second-order valence-electron chi connectivity index (χ2n) is 9.94. The predicted octanol–water partition coefficient (Wildman–Crippen LogP) is 6.45. The molecule has 194 valence electrons. The van der Waals surface area contributed by atoms with Crippen LogP contribution in [0.15, 0.2) is 49.3 Å². The average Bonchev–Trinajstić information content (AvgIpc) is 3.29. The molecular formula is C29H33FN4O3. The highest BCUT2D eigenvalue weighted by Gasteiger charge is 2.24. The molecule has 2 aromatic heterocycles. The zero-order chi connectivity index (χ0) is 27.3. The molecule has 0 fully saturated rings. The number of Topliss-reactive ketones (excluding diaryl/α,β-unsaturated/α-hetero) is 1. The maximum Gasteiger partial charge on any atom is 0.218 e. The van der Waals surface area contributed by atoms with Gasteiger partial charge in [-0.25, -0.2) is 9.37 Å². The number of nitrogens with one attached hydrogen (secondary N) is 1. The van der Waals surface area contributed by atoms with Crippen molar-refractivity contribution in [1.29, 1.82) is 10.7 Å². The van der Waals surface area contributed by atoms with Crippen molar-refractivity contribution in [3.63, 3.8) is 0 Å². The Bertz CT molecular complexity index is 1370. The van der Waals surface area contributed by atoms with Gasteiger partial charge in [0.05, 0.1) is 42.7 Å². The van der Waals surface area contributed by atoms with Crippen LogP contribution in [0.2, 0.25) is 0 Å². The van der Waals surface area contributed by atoms with Crippen LogP contribution in [0.3, 0.4) is 0 Å². The number of alkyl halides is 1. The van der Waals surface area contributed by atoms with Crippen molar-refractivity contribution < 1.29 is 18.7 Å². The number of hydrogen-bond acceptors (Lipinski definition) is 6. The Balaban J connectivity index is 2.11. The van der Waals surface area contributed by atoms with Gasteiger partial charge < -0.3 is 14.9 Å². The summed E-state index contributed by atoms with van der Waals surface area (Å²) < 4.78 is 26.6. The first-order valence-corrected chi connectivity index (χ1v) is 12.1. The van der Waals surface area contributed by atoms with Gasteiger partial charge in [-0.3, -0.25) is 9.20 Å². The third-order valence-electron chi connectivity index (χ3n) is 6.10. The summed E-state index contributed by atoms with van der Waals surface area (Å²) in [6, 6.07) is 9.53. The zero-order valence-corrected chi connectivity index (χ0v) is 22.0. The lowest BCUT2D eigenvalue weighted by Gasteiger charge is -2.18. The lowest BCUT2D eigenvalue weighted by Crippen LogP contribution is -2.15. The number of benzene rings is 1. The van der Waals surface area contributed by atoms with Gasteiger partial charge in [0.2, 0.25) is 6.36 Å². The van der Waals surface area contributed by atoms with Crippen molar-refractivity contribution in [2.45, 2.75) is 58.9 Å². The molecule has 0 spiro atoms. The van der Waals surface area contributed by atoms with Crippen LogP contribution < -0.4 is 4.74 Å². The predicted molar refractivity (Wildman–Crippen MR) is 142 cm³/mol. The highest BCUT2D eigenvalue weighted by atomic mass is 19.1. The molecule has 8 heteroatoms. The summed E-state index contributed by atoms with van der Waals surface area (Å²) in [5.41, 5.74) is 3.29. The molecule has 0 aliphatic carbocycles. The average molecular weight is 505 g/mol. The van der Waals surface area contributed by atoms with Crippen LogP contribution in [-0.4, -0.2) is 34.3 Å². The minimum absolute atomic E-state index is 0.0610. The van der Waals surface area contributed by atoms with E-state index in [1.165, 1.54) is 7.11 Å². The Hall–Kier alpha value is -3.83. The fraction of sp³-hybridized carbons (Fsp3) is 0.379. The zero-order valence-electron chi connectivity index (χ0n) is 22.0. The molecule has 0 amide bonds. The number of fused-ring (bicyclic) bond motifs is 1. The Kier molecular flexibility index (Phi) is 8.61. The molecule has 0 aliphatic heterocycles. The van der Waals surface area contributed by atoms with Crippen LogP contribution >= 0.6 is 0 Å². The Morgan fingerprint density at radius 3 is 2.70 bits per heavy atom. The molecular weight excluding hydrogens is 471 g/mol. The number of imidazole rings is 1. The molecule has 0 bridgehead atoms. The second-order valence-corrected chi connectivity index (χ2v) is 9.94. The van der Waals surface area contributed by atoms with Gasteiger partial charge in [0.25, 0.3) is 0 Å². The summed E-state index contributed by atoms with van der Waals surface area (Å²) in [6.45, 7) is 10.9. The van der Waals surface area contributed by atoms with E-state index in [9.17, 15) is 14.4 Å².